The van der Waals surface area contributed by atoms with Gasteiger partial charge in [-0.2, -0.15) is 0 Å². The molecule has 1 aliphatic carbocycles. The van der Waals surface area contributed by atoms with Gasteiger partial charge in [0.05, 0.1) is 6.61 Å². The van der Waals surface area contributed by atoms with E-state index in [-0.39, 0.29) is 18.8 Å². The van der Waals surface area contributed by atoms with Gasteiger partial charge >= 0.3 is 0 Å². The van der Waals surface area contributed by atoms with Crippen molar-refractivity contribution in [3.63, 3.8) is 0 Å². The van der Waals surface area contributed by atoms with Crippen molar-refractivity contribution in [2.24, 2.45) is 5.92 Å². The summed E-state index contributed by atoms with van der Waals surface area (Å²) >= 11 is 0. The summed E-state index contributed by atoms with van der Waals surface area (Å²) in [5.41, 5.74) is 0. The SMILES string of the molecule is FC1(F)CC[C@@H](CN2CCCOCC2)C1. The van der Waals surface area contributed by atoms with Crippen LogP contribution in [0.25, 0.3) is 0 Å². The van der Waals surface area contributed by atoms with Crippen molar-refractivity contribution in [2.45, 2.75) is 31.6 Å². The molecule has 2 aliphatic rings. The normalized spacial score (nSPS) is 32.8. The van der Waals surface area contributed by atoms with Crippen LogP contribution < -0.4 is 0 Å². The number of hydrogen-bond donors (Lipinski definition) is 0. The van der Waals surface area contributed by atoms with E-state index in [0.29, 0.717) is 6.42 Å². The van der Waals surface area contributed by atoms with Gasteiger partial charge in [0.25, 0.3) is 0 Å². The predicted octanol–water partition coefficient (Wildman–Crippen LogP) is 2.14. The largest absolute Gasteiger partial charge is 0.380 e. The van der Waals surface area contributed by atoms with Gasteiger partial charge in [-0.05, 0) is 18.8 Å². The monoisotopic (exact) mass is 219 g/mol. The average Bonchev–Trinajstić information content (AvgIpc) is 2.41. The Morgan fingerprint density at radius 3 is 2.87 bits per heavy atom. The highest BCUT2D eigenvalue weighted by molar-refractivity contribution is 4.83. The quantitative estimate of drug-likeness (QED) is 0.705. The summed E-state index contributed by atoms with van der Waals surface area (Å²) in [7, 11) is 0. The summed E-state index contributed by atoms with van der Waals surface area (Å²) in [5.74, 6) is -2.20. The molecule has 1 atom stereocenters. The third kappa shape index (κ3) is 3.38. The first-order chi connectivity index (χ1) is 7.16. The van der Waals surface area contributed by atoms with Gasteiger partial charge in [0.15, 0.2) is 0 Å². The van der Waals surface area contributed by atoms with Crippen LogP contribution in [0.3, 0.4) is 0 Å². The summed E-state index contributed by atoms with van der Waals surface area (Å²) in [6.45, 7) is 4.31. The maximum Gasteiger partial charge on any atom is 0.248 e. The molecule has 2 rings (SSSR count). The van der Waals surface area contributed by atoms with Crippen LogP contribution in [0.2, 0.25) is 0 Å². The van der Waals surface area contributed by atoms with Crippen LogP contribution in [0.4, 0.5) is 8.78 Å². The molecular weight excluding hydrogens is 200 g/mol. The Labute approximate surface area is 89.6 Å². The third-order valence-electron chi connectivity index (χ3n) is 3.34. The fraction of sp³-hybridized carbons (Fsp3) is 1.00. The van der Waals surface area contributed by atoms with Crippen LogP contribution in [0.1, 0.15) is 25.7 Å². The number of nitrogens with zero attached hydrogens (tertiary/aromatic N) is 1. The molecule has 0 aromatic heterocycles. The fourth-order valence-electron chi connectivity index (χ4n) is 2.54. The number of ether oxygens (including phenoxy) is 1. The molecule has 1 saturated heterocycles. The highest BCUT2D eigenvalue weighted by atomic mass is 19.3. The molecule has 0 bridgehead atoms. The smallest absolute Gasteiger partial charge is 0.248 e. The molecule has 0 aromatic rings. The van der Waals surface area contributed by atoms with E-state index in [1.807, 2.05) is 0 Å². The van der Waals surface area contributed by atoms with Crippen LogP contribution in [0, 0.1) is 5.92 Å². The van der Waals surface area contributed by atoms with E-state index in [9.17, 15) is 8.78 Å². The van der Waals surface area contributed by atoms with Gasteiger partial charge < -0.3 is 9.64 Å². The van der Waals surface area contributed by atoms with Crippen molar-refractivity contribution in [3.05, 3.63) is 0 Å². The van der Waals surface area contributed by atoms with Crippen molar-refractivity contribution in [2.75, 3.05) is 32.8 Å². The van der Waals surface area contributed by atoms with Gasteiger partial charge in [0, 0.05) is 39.1 Å². The molecule has 88 valence electrons. The molecule has 0 aromatic carbocycles. The molecule has 0 unspecified atom stereocenters. The van der Waals surface area contributed by atoms with Crippen LogP contribution in [0.15, 0.2) is 0 Å². The Hall–Kier alpha value is -0.220. The molecule has 1 saturated carbocycles. The summed E-state index contributed by atoms with van der Waals surface area (Å²) in [6, 6.07) is 0. The molecule has 4 heteroatoms. The maximum atomic E-state index is 13.0. The van der Waals surface area contributed by atoms with Gasteiger partial charge in [-0.25, -0.2) is 8.78 Å². The summed E-state index contributed by atoms with van der Waals surface area (Å²) < 4.78 is 31.3. The lowest BCUT2D eigenvalue weighted by atomic mass is 10.1. The van der Waals surface area contributed by atoms with Gasteiger partial charge in [0.1, 0.15) is 0 Å². The highest BCUT2D eigenvalue weighted by Gasteiger charge is 2.39. The lowest BCUT2D eigenvalue weighted by molar-refractivity contribution is 0.00343. The van der Waals surface area contributed by atoms with E-state index in [1.54, 1.807) is 0 Å². The van der Waals surface area contributed by atoms with Crippen LogP contribution in [0.5, 0.6) is 0 Å². The first-order valence-electron chi connectivity index (χ1n) is 5.84. The summed E-state index contributed by atoms with van der Waals surface area (Å²) in [6.07, 6.45) is 1.89. The third-order valence-corrected chi connectivity index (χ3v) is 3.34. The zero-order valence-corrected chi connectivity index (χ0v) is 9.05. The minimum atomic E-state index is -2.40. The average molecular weight is 219 g/mol. The second-order valence-corrected chi connectivity index (χ2v) is 4.73. The Bertz CT molecular complexity index is 200. The molecule has 0 spiro atoms. The van der Waals surface area contributed by atoms with Gasteiger partial charge in [-0.15, -0.1) is 0 Å². The molecule has 2 nitrogen and oxygen atoms in total. The number of rotatable bonds is 2. The van der Waals surface area contributed by atoms with Gasteiger partial charge in [-0.3, -0.25) is 0 Å². The Morgan fingerprint density at radius 2 is 2.13 bits per heavy atom. The zero-order valence-electron chi connectivity index (χ0n) is 9.05. The van der Waals surface area contributed by atoms with Crippen molar-refractivity contribution in [1.29, 1.82) is 0 Å². The number of alkyl halides is 2. The molecular formula is C11H19F2NO. The standard InChI is InChI=1S/C11H19F2NO/c12-11(13)3-2-10(8-11)9-14-4-1-6-15-7-5-14/h10H,1-9H2/t10-/m1/s1. The molecule has 0 radical (unpaired) electrons. The van der Waals surface area contributed by atoms with Crippen molar-refractivity contribution < 1.29 is 13.5 Å². The number of halogens is 2. The van der Waals surface area contributed by atoms with E-state index < -0.39 is 5.92 Å². The number of hydrogen-bond acceptors (Lipinski definition) is 2. The second-order valence-electron chi connectivity index (χ2n) is 4.73. The van der Waals surface area contributed by atoms with Gasteiger partial charge in [0.2, 0.25) is 5.92 Å². The van der Waals surface area contributed by atoms with Crippen molar-refractivity contribution in [1.82, 2.24) is 4.90 Å². The lowest BCUT2D eigenvalue weighted by Gasteiger charge is -2.22. The van der Waals surface area contributed by atoms with Crippen LogP contribution in [-0.2, 0) is 4.74 Å². The van der Waals surface area contributed by atoms with Crippen molar-refractivity contribution >= 4 is 0 Å². The summed E-state index contributed by atoms with van der Waals surface area (Å²) in [5, 5.41) is 0. The van der Waals surface area contributed by atoms with E-state index in [1.165, 1.54) is 0 Å². The molecule has 1 heterocycles. The van der Waals surface area contributed by atoms with Crippen LogP contribution in [-0.4, -0.2) is 43.7 Å². The van der Waals surface area contributed by atoms with Crippen LogP contribution >= 0.6 is 0 Å². The lowest BCUT2D eigenvalue weighted by Crippen LogP contribution is -2.31. The topological polar surface area (TPSA) is 12.5 Å². The Kier molecular flexibility index (Phi) is 3.57. The Morgan fingerprint density at radius 1 is 1.27 bits per heavy atom. The van der Waals surface area contributed by atoms with E-state index in [2.05, 4.69) is 4.90 Å². The van der Waals surface area contributed by atoms with E-state index >= 15 is 0 Å². The predicted molar refractivity (Wildman–Crippen MR) is 54.2 cm³/mol. The van der Waals surface area contributed by atoms with Crippen molar-refractivity contribution in [3.8, 4) is 0 Å². The summed E-state index contributed by atoms with van der Waals surface area (Å²) in [4.78, 5) is 2.28. The highest BCUT2D eigenvalue weighted by Crippen LogP contribution is 2.39. The first kappa shape index (κ1) is 11.3. The maximum absolute atomic E-state index is 13.0. The van der Waals surface area contributed by atoms with E-state index in [4.69, 9.17) is 4.74 Å². The fourth-order valence-corrected chi connectivity index (χ4v) is 2.54. The molecule has 1 aliphatic heterocycles. The Balaban J connectivity index is 1.76. The molecule has 0 N–H and O–H groups in total. The minimum Gasteiger partial charge on any atom is -0.380 e. The zero-order chi connectivity index (χ0) is 10.7. The minimum absolute atomic E-state index is 0.0853. The molecule has 2 fully saturated rings. The molecule has 0 amide bonds. The first-order valence-corrected chi connectivity index (χ1v) is 5.84. The van der Waals surface area contributed by atoms with E-state index in [0.717, 1.165) is 39.3 Å². The van der Waals surface area contributed by atoms with Gasteiger partial charge in [-0.1, -0.05) is 0 Å². The molecule has 15 heavy (non-hydrogen) atoms. The second kappa shape index (κ2) is 4.74.